The summed E-state index contributed by atoms with van der Waals surface area (Å²) in [6.45, 7) is 0. The molecule has 0 radical (unpaired) electrons. The molecule has 2 aromatic rings. The van der Waals surface area contributed by atoms with Gasteiger partial charge in [-0.2, -0.15) is 0 Å². The third kappa shape index (κ3) is 2.13. The topological polar surface area (TPSA) is 72.2 Å². The molecule has 116 valence electrons. The van der Waals surface area contributed by atoms with Crippen LogP contribution >= 0.6 is 0 Å². The Hall–Kier alpha value is -2.62. The van der Waals surface area contributed by atoms with Crippen LogP contribution in [0.1, 0.15) is 34.3 Å². The maximum atomic E-state index is 12.7. The number of rotatable bonds is 3. The molecule has 0 saturated heterocycles. The Morgan fingerprint density at radius 2 is 1.83 bits per heavy atom. The second-order valence-corrected chi connectivity index (χ2v) is 6.47. The number of aryl methyl sites for hydroxylation is 1. The zero-order valence-electron chi connectivity index (χ0n) is 12.7. The highest BCUT2D eigenvalue weighted by molar-refractivity contribution is 6.04. The van der Waals surface area contributed by atoms with Crippen LogP contribution in [0.5, 0.6) is 0 Å². The van der Waals surface area contributed by atoms with Crippen molar-refractivity contribution < 1.29 is 9.59 Å². The van der Waals surface area contributed by atoms with Gasteiger partial charge in [0, 0.05) is 11.3 Å². The molecule has 1 saturated carbocycles. The number of hydrogen-bond donors (Lipinski definition) is 2. The Balaban J connectivity index is 1.56. The minimum absolute atomic E-state index is 0.00233. The van der Waals surface area contributed by atoms with E-state index in [2.05, 4.69) is 23.5 Å². The van der Waals surface area contributed by atoms with E-state index in [4.69, 9.17) is 5.73 Å². The molecular formula is C19H18N2O2. The van der Waals surface area contributed by atoms with Gasteiger partial charge < -0.3 is 11.1 Å². The van der Waals surface area contributed by atoms with E-state index in [1.165, 1.54) is 11.1 Å². The van der Waals surface area contributed by atoms with Gasteiger partial charge in [0.25, 0.3) is 5.91 Å². The number of nitrogens with two attached hydrogens (primary N) is 1. The van der Waals surface area contributed by atoms with Gasteiger partial charge in [0.1, 0.15) is 0 Å². The van der Waals surface area contributed by atoms with Crippen molar-refractivity contribution in [1.82, 2.24) is 0 Å². The van der Waals surface area contributed by atoms with E-state index in [0.29, 0.717) is 11.3 Å². The number of nitrogens with one attached hydrogen (secondary N) is 1. The number of para-hydroxylation sites is 1. The van der Waals surface area contributed by atoms with Crippen LogP contribution in [0.15, 0.2) is 48.5 Å². The summed E-state index contributed by atoms with van der Waals surface area (Å²) < 4.78 is 0. The Bertz CT molecular complexity index is 815. The SMILES string of the molecule is NC(=O)c1ccccc1NC(=O)[C@H]1C[C@@]12CCc1ccccc12. The average molecular weight is 306 g/mol. The number of carbonyl (C=O) groups excluding carboxylic acids is 2. The van der Waals surface area contributed by atoms with Crippen molar-refractivity contribution in [2.75, 3.05) is 5.32 Å². The lowest BCUT2D eigenvalue weighted by Gasteiger charge is -2.13. The lowest BCUT2D eigenvalue weighted by molar-refractivity contribution is -0.117. The van der Waals surface area contributed by atoms with Gasteiger partial charge in [-0.3, -0.25) is 9.59 Å². The smallest absolute Gasteiger partial charge is 0.250 e. The van der Waals surface area contributed by atoms with Gasteiger partial charge in [-0.05, 0) is 42.5 Å². The summed E-state index contributed by atoms with van der Waals surface area (Å²) in [4.78, 5) is 24.1. The third-order valence-corrected chi connectivity index (χ3v) is 5.24. The second kappa shape index (κ2) is 4.95. The Kier molecular flexibility index (Phi) is 3.01. The largest absolute Gasteiger partial charge is 0.366 e. The highest BCUT2D eigenvalue weighted by atomic mass is 16.2. The van der Waals surface area contributed by atoms with Gasteiger partial charge >= 0.3 is 0 Å². The quantitative estimate of drug-likeness (QED) is 0.915. The standard InChI is InChI=1S/C19H18N2O2/c20-17(22)13-6-2-4-8-16(13)21-18(23)15-11-19(15)10-9-12-5-1-3-7-14(12)19/h1-8,15H,9-11H2,(H2,20,22)(H,21,23)/t15-,19-/m1/s1. The number of carbonyl (C=O) groups is 2. The molecule has 4 heteroatoms. The zero-order valence-corrected chi connectivity index (χ0v) is 12.7. The van der Waals surface area contributed by atoms with Crippen LogP contribution in [-0.4, -0.2) is 11.8 Å². The van der Waals surface area contributed by atoms with Crippen molar-refractivity contribution in [1.29, 1.82) is 0 Å². The lowest BCUT2D eigenvalue weighted by atomic mass is 9.95. The maximum absolute atomic E-state index is 12.7. The average Bonchev–Trinajstić information content (AvgIpc) is 3.18. The Morgan fingerprint density at radius 1 is 1.09 bits per heavy atom. The number of amides is 2. The number of primary amides is 1. The molecule has 0 heterocycles. The van der Waals surface area contributed by atoms with Crippen LogP contribution in [0.4, 0.5) is 5.69 Å². The van der Waals surface area contributed by atoms with E-state index in [-0.39, 0.29) is 17.2 Å². The molecule has 0 unspecified atom stereocenters. The van der Waals surface area contributed by atoms with E-state index < -0.39 is 5.91 Å². The van der Waals surface area contributed by atoms with Gasteiger partial charge in [-0.25, -0.2) is 0 Å². The van der Waals surface area contributed by atoms with E-state index in [0.717, 1.165) is 19.3 Å². The van der Waals surface area contributed by atoms with Gasteiger partial charge in [0.05, 0.1) is 11.3 Å². The summed E-state index contributed by atoms with van der Waals surface area (Å²) in [5.41, 5.74) is 8.90. The monoisotopic (exact) mass is 306 g/mol. The van der Waals surface area contributed by atoms with Crippen molar-refractivity contribution in [2.45, 2.75) is 24.7 Å². The third-order valence-electron chi connectivity index (χ3n) is 5.24. The van der Waals surface area contributed by atoms with Crippen molar-refractivity contribution in [3.8, 4) is 0 Å². The molecule has 4 nitrogen and oxygen atoms in total. The number of fused-ring (bicyclic) bond motifs is 2. The molecule has 1 fully saturated rings. The van der Waals surface area contributed by atoms with Crippen molar-refractivity contribution in [3.05, 3.63) is 65.2 Å². The van der Waals surface area contributed by atoms with Gasteiger partial charge in [-0.1, -0.05) is 36.4 Å². The predicted octanol–water partition coefficient (Wildman–Crippen LogP) is 2.63. The van der Waals surface area contributed by atoms with E-state index in [9.17, 15) is 9.59 Å². The summed E-state index contributed by atoms with van der Waals surface area (Å²) in [5, 5.41) is 2.90. The first kappa shape index (κ1) is 14.0. The molecule has 1 spiro atoms. The summed E-state index contributed by atoms with van der Waals surface area (Å²) in [6, 6.07) is 15.3. The summed E-state index contributed by atoms with van der Waals surface area (Å²) in [6.07, 6.45) is 2.95. The van der Waals surface area contributed by atoms with Crippen molar-refractivity contribution in [3.63, 3.8) is 0 Å². The van der Waals surface area contributed by atoms with Crippen LogP contribution in [0, 0.1) is 5.92 Å². The first-order chi connectivity index (χ1) is 11.1. The van der Waals surface area contributed by atoms with Gasteiger partial charge in [-0.15, -0.1) is 0 Å². The molecular weight excluding hydrogens is 288 g/mol. The molecule has 0 aromatic heterocycles. The van der Waals surface area contributed by atoms with Crippen LogP contribution in [-0.2, 0) is 16.6 Å². The fourth-order valence-corrected chi connectivity index (χ4v) is 3.97. The maximum Gasteiger partial charge on any atom is 0.250 e. The van der Waals surface area contributed by atoms with Crippen molar-refractivity contribution >= 4 is 17.5 Å². The van der Waals surface area contributed by atoms with E-state index >= 15 is 0 Å². The molecule has 4 rings (SSSR count). The molecule has 2 amide bonds. The second-order valence-electron chi connectivity index (χ2n) is 6.47. The van der Waals surface area contributed by atoms with E-state index in [1.54, 1.807) is 24.3 Å². The number of hydrogen-bond acceptors (Lipinski definition) is 2. The number of anilines is 1. The summed E-state index contributed by atoms with van der Waals surface area (Å²) >= 11 is 0. The molecule has 3 N–H and O–H groups in total. The van der Waals surface area contributed by atoms with Gasteiger partial charge in [0.15, 0.2) is 0 Å². The first-order valence-corrected chi connectivity index (χ1v) is 7.90. The highest BCUT2D eigenvalue weighted by Gasteiger charge is 2.61. The minimum atomic E-state index is -0.530. The van der Waals surface area contributed by atoms with Gasteiger partial charge in [0.2, 0.25) is 5.91 Å². The predicted molar refractivity (Wildman–Crippen MR) is 88.1 cm³/mol. The Morgan fingerprint density at radius 3 is 2.65 bits per heavy atom. The highest BCUT2D eigenvalue weighted by Crippen LogP contribution is 2.61. The lowest BCUT2D eigenvalue weighted by Crippen LogP contribution is -2.22. The van der Waals surface area contributed by atoms with Crippen LogP contribution in [0.3, 0.4) is 0 Å². The van der Waals surface area contributed by atoms with E-state index in [1.807, 2.05) is 6.07 Å². The molecule has 2 atom stereocenters. The summed E-state index contributed by atoms with van der Waals surface area (Å²) in [5.74, 6) is -0.569. The van der Waals surface area contributed by atoms with Crippen molar-refractivity contribution in [2.24, 2.45) is 11.7 Å². The van der Waals surface area contributed by atoms with Crippen LogP contribution in [0.25, 0.3) is 0 Å². The molecule has 23 heavy (non-hydrogen) atoms. The first-order valence-electron chi connectivity index (χ1n) is 7.90. The fourth-order valence-electron chi connectivity index (χ4n) is 3.97. The Labute approximate surface area is 134 Å². The molecule has 2 aromatic carbocycles. The molecule has 0 bridgehead atoms. The molecule has 2 aliphatic carbocycles. The van der Waals surface area contributed by atoms with Crippen LogP contribution < -0.4 is 11.1 Å². The molecule has 2 aliphatic rings. The fraction of sp³-hybridized carbons (Fsp3) is 0.263. The number of benzene rings is 2. The summed E-state index contributed by atoms with van der Waals surface area (Å²) in [7, 11) is 0. The van der Waals surface area contributed by atoms with Crippen LogP contribution in [0.2, 0.25) is 0 Å². The molecule has 0 aliphatic heterocycles. The normalized spacial score (nSPS) is 24.3. The minimum Gasteiger partial charge on any atom is -0.366 e. The zero-order chi connectivity index (χ0) is 16.0.